The number of aryl methyl sites for hydroxylation is 2. The van der Waals surface area contributed by atoms with Crippen LogP contribution in [0.25, 0.3) is 0 Å². The lowest BCUT2D eigenvalue weighted by Gasteiger charge is -2.12. The minimum Gasteiger partial charge on any atom is -0.494 e. The van der Waals surface area contributed by atoms with E-state index in [1.165, 1.54) is 18.2 Å². The molecule has 0 saturated carbocycles. The number of nitrogens with one attached hydrogen (secondary N) is 2. The highest BCUT2D eigenvalue weighted by Crippen LogP contribution is 2.28. The van der Waals surface area contributed by atoms with Gasteiger partial charge in [0.15, 0.2) is 6.61 Å². The highest BCUT2D eigenvalue weighted by molar-refractivity contribution is 7.92. The van der Waals surface area contributed by atoms with E-state index in [0.717, 1.165) is 11.1 Å². The van der Waals surface area contributed by atoms with Gasteiger partial charge in [0.1, 0.15) is 11.5 Å². The van der Waals surface area contributed by atoms with Crippen LogP contribution in [0.4, 0.5) is 11.4 Å². The molecule has 3 aromatic rings. The van der Waals surface area contributed by atoms with Crippen LogP contribution < -0.4 is 19.5 Å². The molecule has 0 radical (unpaired) electrons. The van der Waals surface area contributed by atoms with E-state index in [1.54, 1.807) is 24.3 Å². The Morgan fingerprint density at radius 3 is 2.24 bits per heavy atom. The van der Waals surface area contributed by atoms with Crippen LogP contribution in [0.1, 0.15) is 18.1 Å². The Balaban J connectivity index is 1.62. The maximum atomic E-state index is 12.7. The Morgan fingerprint density at radius 2 is 1.61 bits per heavy atom. The third-order valence-electron chi connectivity index (χ3n) is 4.78. The van der Waals surface area contributed by atoms with E-state index < -0.39 is 10.0 Å². The summed E-state index contributed by atoms with van der Waals surface area (Å²) < 4.78 is 38.7. The molecule has 174 valence electrons. The number of hydrogen-bond acceptors (Lipinski definition) is 5. The molecular formula is C24H25ClN2O5S. The lowest BCUT2D eigenvalue weighted by Crippen LogP contribution is -2.20. The molecule has 7 nitrogen and oxygen atoms in total. The smallest absolute Gasteiger partial charge is 0.262 e. The Bertz CT molecular complexity index is 1240. The van der Waals surface area contributed by atoms with Crippen LogP contribution >= 0.6 is 11.6 Å². The molecule has 0 atom stereocenters. The number of ether oxygens (including phenoxy) is 2. The fourth-order valence-corrected chi connectivity index (χ4v) is 4.31. The molecule has 0 heterocycles. The summed E-state index contributed by atoms with van der Waals surface area (Å²) in [6.45, 7) is 6.06. The van der Waals surface area contributed by atoms with Crippen LogP contribution in [-0.2, 0) is 14.8 Å². The first-order chi connectivity index (χ1) is 15.7. The van der Waals surface area contributed by atoms with Crippen molar-refractivity contribution < 1.29 is 22.7 Å². The zero-order valence-corrected chi connectivity index (χ0v) is 20.1. The highest BCUT2D eigenvalue weighted by atomic mass is 35.5. The van der Waals surface area contributed by atoms with Crippen LogP contribution in [-0.4, -0.2) is 27.5 Å². The van der Waals surface area contributed by atoms with E-state index in [4.69, 9.17) is 21.1 Å². The van der Waals surface area contributed by atoms with Gasteiger partial charge in [-0.15, -0.1) is 0 Å². The molecule has 0 aromatic heterocycles. The number of carbonyl (C=O) groups is 1. The van der Waals surface area contributed by atoms with E-state index in [1.807, 2.05) is 39.0 Å². The number of halogens is 1. The third-order valence-corrected chi connectivity index (χ3v) is 6.45. The van der Waals surface area contributed by atoms with E-state index in [2.05, 4.69) is 10.0 Å². The van der Waals surface area contributed by atoms with Crippen LogP contribution in [0.15, 0.2) is 65.6 Å². The van der Waals surface area contributed by atoms with Gasteiger partial charge in [-0.25, -0.2) is 8.42 Å². The molecule has 0 unspecified atom stereocenters. The normalized spacial score (nSPS) is 11.0. The predicted octanol–water partition coefficient (Wildman–Crippen LogP) is 5.17. The van der Waals surface area contributed by atoms with Crippen LogP contribution in [0.5, 0.6) is 11.5 Å². The van der Waals surface area contributed by atoms with Crippen molar-refractivity contribution in [3.63, 3.8) is 0 Å². The number of anilines is 2. The van der Waals surface area contributed by atoms with E-state index in [9.17, 15) is 13.2 Å². The van der Waals surface area contributed by atoms with Crippen molar-refractivity contribution in [3.8, 4) is 11.5 Å². The third kappa shape index (κ3) is 6.63. The SMILES string of the molecule is CCOc1ccc(NS(=O)(=O)c2ccc(OCC(=O)Nc3ccc(C)c(C)c3)c(Cl)c2)cc1. The quantitative estimate of drug-likeness (QED) is 0.433. The number of benzene rings is 3. The van der Waals surface area contributed by atoms with Crippen molar-refractivity contribution in [3.05, 3.63) is 76.8 Å². The monoisotopic (exact) mass is 488 g/mol. The van der Waals surface area contributed by atoms with Gasteiger partial charge in [-0.1, -0.05) is 17.7 Å². The van der Waals surface area contributed by atoms with E-state index in [0.29, 0.717) is 23.7 Å². The second-order valence-corrected chi connectivity index (χ2v) is 9.38. The Labute approximate surface area is 198 Å². The van der Waals surface area contributed by atoms with Crippen molar-refractivity contribution in [1.82, 2.24) is 0 Å². The Morgan fingerprint density at radius 1 is 0.909 bits per heavy atom. The average Bonchev–Trinajstić information content (AvgIpc) is 2.77. The lowest BCUT2D eigenvalue weighted by atomic mass is 10.1. The molecule has 0 fully saturated rings. The predicted molar refractivity (Wildman–Crippen MR) is 130 cm³/mol. The minimum atomic E-state index is -3.87. The van der Waals surface area contributed by atoms with Crippen LogP contribution in [0, 0.1) is 13.8 Å². The first-order valence-corrected chi connectivity index (χ1v) is 12.1. The molecule has 0 saturated heterocycles. The summed E-state index contributed by atoms with van der Waals surface area (Å²) in [5.74, 6) is 0.488. The molecule has 3 aromatic carbocycles. The Hall–Kier alpha value is -3.23. The topological polar surface area (TPSA) is 93.7 Å². The van der Waals surface area contributed by atoms with Crippen molar-refractivity contribution in [1.29, 1.82) is 0 Å². The van der Waals surface area contributed by atoms with Gasteiger partial charge in [0.05, 0.1) is 16.5 Å². The van der Waals surface area contributed by atoms with Crippen LogP contribution in [0.3, 0.4) is 0 Å². The molecular weight excluding hydrogens is 464 g/mol. The van der Waals surface area contributed by atoms with Crippen molar-refractivity contribution in [2.45, 2.75) is 25.7 Å². The van der Waals surface area contributed by atoms with Crippen molar-refractivity contribution in [2.75, 3.05) is 23.3 Å². The molecule has 9 heteroatoms. The minimum absolute atomic E-state index is 0.0340. The summed E-state index contributed by atoms with van der Waals surface area (Å²) in [7, 11) is -3.87. The van der Waals surface area contributed by atoms with Gasteiger partial charge >= 0.3 is 0 Å². The first kappa shape index (κ1) is 24.4. The number of amides is 1. The fourth-order valence-electron chi connectivity index (χ4n) is 2.93. The summed E-state index contributed by atoms with van der Waals surface area (Å²) in [6.07, 6.45) is 0. The molecule has 33 heavy (non-hydrogen) atoms. The van der Waals surface area contributed by atoms with Gasteiger partial charge in [-0.05, 0) is 86.5 Å². The summed E-state index contributed by atoms with van der Waals surface area (Å²) in [5.41, 5.74) is 3.24. The van der Waals surface area contributed by atoms with E-state index in [-0.39, 0.29) is 28.2 Å². The summed E-state index contributed by atoms with van der Waals surface area (Å²) in [5, 5.41) is 2.83. The van der Waals surface area contributed by atoms with Gasteiger partial charge in [0.25, 0.3) is 15.9 Å². The van der Waals surface area contributed by atoms with E-state index >= 15 is 0 Å². The molecule has 3 rings (SSSR count). The van der Waals surface area contributed by atoms with Gasteiger partial charge in [0.2, 0.25) is 0 Å². The molecule has 1 amide bonds. The maximum Gasteiger partial charge on any atom is 0.262 e. The zero-order valence-electron chi connectivity index (χ0n) is 18.5. The van der Waals surface area contributed by atoms with Gasteiger partial charge in [0, 0.05) is 11.4 Å². The van der Waals surface area contributed by atoms with Gasteiger partial charge in [-0.2, -0.15) is 0 Å². The van der Waals surface area contributed by atoms with Gasteiger partial charge in [-0.3, -0.25) is 9.52 Å². The Kier molecular flexibility index (Phi) is 7.84. The largest absolute Gasteiger partial charge is 0.494 e. The number of carbonyl (C=O) groups excluding carboxylic acids is 1. The van der Waals surface area contributed by atoms with Crippen molar-refractivity contribution in [2.24, 2.45) is 0 Å². The maximum absolute atomic E-state index is 12.7. The molecule has 0 aliphatic rings. The second kappa shape index (κ2) is 10.6. The highest BCUT2D eigenvalue weighted by Gasteiger charge is 2.17. The standard InChI is InChI=1S/C24H25ClN2O5S/c1-4-31-20-9-7-18(8-10-20)27-33(29,30)21-11-12-23(22(25)14-21)32-15-24(28)26-19-6-5-16(2)17(3)13-19/h5-14,27H,4,15H2,1-3H3,(H,26,28). The zero-order chi connectivity index (χ0) is 24.0. The molecule has 0 aliphatic carbocycles. The average molecular weight is 489 g/mol. The summed E-state index contributed by atoms with van der Waals surface area (Å²) in [6, 6.07) is 16.2. The summed E-state index contributed by atoms with van der Waals surface area (Å²) >= 11 is 6.21. The number of hydrogen-bond donors (Lipinski definition) is 2. The molecule has 0 spiro atoms. The number of sulfonamides is 1. The first-order valence-electron chi connectivity index (χ1n) is 10.2. The second-order valence-electron chi connectivity index (χ2n) is 7.29. The van der Waals surface area contributed by atoms with Crippen LogP contribution in [0.2, 0.25) is 5.02 Å². The lowest BCUT2D eigenvalue weighted by molar-refractivity contribution is -0.118. The fraction of sp³-hybridized carbons (Fsp3) is 0.208. The summed E-state index contributed by atoms with van der Waals surface area (Å²) in [4.78, 5) is 12.2. The molecule has 2 N–H and O–H groups in total. The van der Waals surface area contributed by atoms with Gasteiger partial charge < -0.3 is 14.8 Å². The molecule has 0 aliphatic heterocycles. The number of rotatable bonds is 9. The van der Waals surface area contributed by atoms with Crippen molar-refractivity contribution >= 4 is 38.9 Å². The molecule has 0 bridgehead atoms.